The molecule has 0 aliphatic rings. The molecule has 0 saturated heterocycles. The first kappa shape index (κ1) is 13.2. The second kappa shape index (κ2) is 5.62. The van der Waals surface area contributed by atoms with Crippen molar-refractivity contribution in [2.75, 3.05) is 12.4 Å². The highest BCUT2D eigenvalue weighted by molar-refractivity contribution is 7.17. The lowest BCUT2D eigenvalue weighted by Crippen LogP contribution is -2.07. The number of amides is 1. The second-order valence-electron chi connectivity index (χ2n) is 3.74. The Hall–Kier alpha value is -2.21. The average molecular weight is 276 g/mol. The number of methoxy groups -OCH3 is 1. The van der Waals surface area contributed by atoms with Gasteiger partial charge in [-0.05, 0) is 24.3 Å². The van der Waals surface area contributed by atoms with Gasteiger partial charge in [-0.1, -0.05) is 0 Å². The maximum Gasteiger partial charge on any atom is 0.348 e. The van der Waals surface area contributed by atoms with Crippen molar-refractivity contribution in [2.45, 2.75) is 6.92 Å². The molecule has 19 heavy (non-hydrogen) atoms. The van der Waals surface area contributed by atoms with E-state index in [9.17, 15) is 9.59 Å². The SMILES string of the molecule is COC(=O)c1ccc(-c2ncccc2NC(C)=O)s1. The van der Waals surface area contributed by atoms with Gasteiger partial charge in [0.05, 0.1) is 17.7 Å². The van der Waals surface area contributed by atoms with Crippen LogP contribution in [0.3, 0.4) is 0 Å². The average Bonchev–Trinajstić information content (AvgIpc) is 2.87. The number of thiophene rings is 1. The normalized spacial score (nSPS) is 10.0. The fraction of sp³-hybridized carbons (Fsp3) is 0.154. The monoisotopic (exact) mass is 276 g/mol. The molecule has 98 valence electrons. The molecule has 0 aliphatic heterocycles. The van der Waals surface area contributed by atoms with Gasteiger partial charge in [0.2, 0.25) is 5.91 Å². The third kappa shape index (κ3) is 2.97. The number of nitrogens with zero attached hydrogens (tertiary/aromatic N) is 1. The standard InChI is InChI=1S/C13H12N2O3S/c1-8(16)15-9-4-3-7-14-12(9)10-5-6-11(19-10)13(17)18-2/h3-7H,1-2H3,(H,15,16). The molecule has 0 atom stereocenters. The van der Waals surface area contributed by atoms with E-state index >= 15 is 0 Å². The molecule has 2 heterocycles. The fourth-order valence-electron chi connectivity index (χ4n) is 1.57. The maximum absolute atomic E-state index is 11.4. The van der Waals surface area contributed by atoms with Crippen LogP contribution in [0.5, 0.6) is 0 Å². The quantitative estimate of drug-likeness (QED) is 0.875. The predicted molar refractivity (Wildman–Crippen MR) is 73.2 cm³/mol. The second-order valence-corrected chi connectivity index (χ2v) is 4.82. The summed E-state index contributed by atoms with van der Waals surface area (Å²) in [5.74, 6) is -0.549. The van der Waals surface area contributed by atoms with Crippen molar-refractivity contribution in [1.82, 2.24) is 4.98 Å². The molecule has 1 amide bonds. The van der Waals surface area contributed by atoms with E-state index in [1.165, 1.54) is 25.4 Å². The summed E-state index contributed by atoms with van der Waals surface area (Å²) in [6.45, 7) is 1.44. The summed E-state index contributed by atoms with van der Waals surface area (Å²) in [4.78, 5) is 28.1. The first-order chi connectivity index (χ1) is 9.11. The number of esters is 1. The zero-order valence-electron chi connectivity index (χ0n) is 10.5. The molecule has 6 heteroatoms. The summed E-state index contributed by atoms with van der Waals surface area (Å²) in [6.07, 6.45) is 1.64. The third-order valence-electron chi connectivity index (χ3n) is 2.34. The van der Waals surface area contributed by atoms with Gasteiger partial charge in [-0.25, -0.2) is 4.79 Å². The van der Waals surface area contributed by atoms with Gasteiger partial charge in [0.1, 0.15) is 10.6 Å². The molecule has 0 unspecified atom stereocenters. The highest BCUT2D eigenvalue weighted by Gasteiger charge is 2.13. The largest absolute Gasteiger partial charge is 0.465 e. The molecule has 0 fully saturated rings. The van der Waals surface area contributed by atoms with Gasteiger partial charge in [0, 0.05) is 13.1 Å². The van der Waals surface area contributed by atoms with Crippen LogP contribution in [0.2, 0.25) is 0 Å². The third-order valence-corrected chi connectivity index (χ3v) is 3.42. The molecule has 0 radical (unpaired) electrons. The first-order valence-corrected chi connectivity index (χ1v) is 6.34. The summed E-state index contributed by atoms with van der Waals surface area (Å²) < 4.78 is 4.66. The van der Waals surface area contributed by atoms with E-state index in [2.05, 4.69) is 15.0 Å². The molecule has 0 aromatic carbocycles. The van der Waals surface area contributed by atoms with Crippen LogP contribution in [0.4, 0.5) is 5.69 Å². The highest BCUT2D eigenvalue weighted by Crippen LogP contribution is 2.31. The summed E-state index contributed by atoms with van der Waals surface area (Å²) >= 11 is 1.27. The Morgan fingerprint density at radius 2 is 2.11 bits per heavy atom. The number of rotatable bonds is 3. The Morgan fingerprint density at radius 3 is 2.79 bits per heavy atom. The fourth-order valence-corrected chi connectivity index (χ4v) is 2.50. The van der Waals surface area contributed by atoms with Crippen molar-refractivity contribution >= 4 is 28.9 Å². The zero-order chi connectivity index (χ0) is 13.8. The smallest absolute Gasteiger partial charge is 0.348 e. The minimum absolute atomic E-state index is 0.168. The Morgan fingerprint density at radius 1 is 1.32 bits per heavy atom. The molecular weight excluding hydrogens is 264 g/mol. The van der Waals surface area contributed by atoms with Crippen LogP contribution in [0.25, 0.3) is 10.6 Å². The molecule has 1 N–H and O–H groups in total. The lowest BCUT2D eigenvalue weighted by Gasteiger charge is -2.06. The summed E-state index contributed by atoms with van der Waals surface area (Å²) in [6, 6.07) is 6.97. The Balaban J connectivity index is 2.38. The van der Waals surface area contributed by atoms with E-state index in [1.54, 1.807) is 30.5 Å². The van der Waals surface area contributed by atoms with Crippen molar-refractivity contribution in [2.24, 2.45) is 0 Å². The van der Waals surface area contributed by atoms with Crippen molar-refractivity contribution in [3.63, 3.8) is 0 Å². The van der Waals surface area contributed by atoms with Crippen molar-refractivity contribution < 1.29 is 14.3 Å². The minimum atomic E-state index is -0.381. The van der Waals surface area contributed by atoms with E-state index in [0.717, 1.165) is 4.88 Å². The van der Waals surface area contributed by atoms with E-state index < -0.39 is 0 Å². The lowest BCUT2D eigenvalue weighted by molar-refractivity contribution is -0.114. The molecule has 0 spiro atoms. The molecule has 2 rings (SSSR count). The van der Waals surface area contributed by atoms with Gasteiger partial charge < -0.3 is 10.1 Å². The number of carbonyl (C=O) groups excluding carboxylic acids is 2. The van der Waals surface area contributed by atoms with Gasteiger partial charge in [0.15, 0.2) is 0 Å². The van der Waals surface area contributed by atoms with E-state index in [4.69, 9.17) is 0 Å². The van der Waals surface area contributed by atoms with Crippen LogP contribution in [-0.2, 0) is 9.53 Å². The number of hydrogen-bond donors (Lipinski definition) is 1. The molecular formula is C13H12N2O3S. The molecule has 2 aromatic heterocycles. The number of ether oxygens (including phenoxy) is 1. The van der Waals surface area contributed by atoms with E-state index in [-0.39, 0.29) is 11.9 Å². The molecule has 0 saturated carbocycles. The Labute approximate surface area is 114 Å². The van der Waals surface area contributed by atoms with Gasteiger partial charge in [-0.15, -0.1) is 11.3 Å². The van der Waals surface area contributed by atoms with Crippen LogP contribution >= 0.6 is 11.3 Å². The van der Waals surface area contributed by atoms with Crippen molar-refractivity contribution in [1.29, 1.82) is 0 Å². The van der Waals surface area contributed by atoms with Gasteiger partial charge >= 0.3 is 5.97 Å². The van der Waals surface area contributed by atoms with Gasteiger partial charge in [-0.2, -0.15) is 0 Å². The van der Waals surface area contributed by atoms with Crippen LogP contribution in [0, 0.1) is 0 Å². The number of pyridine rings is 1. The number of carbonyl (C=O) groups is 2. The first-order valence-electron chi connectivity index (χ1n) is 5.53. The summed E-state index contributed by atoms with van der Waals surface area (Å²) in [7, 11) is 1.34. The topological polar surface area (TPSA) is 68.3 Å². The molecule has 2 aromatic rings. The van der Waals surface area contributed by atoms with Crippen LogP contribution < -0.4 is 5.32 Å². The number of aromatic nitrogens is 1. The number of anilines is 1. The predicted octanol–water partition coefficient (Wildman–Crippen LogP) is 2.56. The Kier molecular flexibility index (Phi) is 3.91. The van der Waals surface area contributed by atoms with E-state index in [1.807, 2.05) is 0 Å². The van der Waals surface area contributed by atoms with Crippen LogP contribution in [0.15, 0.2) is 30.5 Å². The van der Waals surface area contributed by atoms with Crippen LogP contribution in [0.1, 0.15) is 16.6 Å². The van der Waals surface area contributed by atoms with Gasteiger partial charge in [0.25, 0.3) is 0 Å². The van der Waals surface area contributed by atoms with Crippen molar-refractivity contribution in [3.8, 4) is 10.6 Å². The number of hydrogen-bond acceptors (Lipinski definition) is 5. The van der Waals surface area contributed by atoms with Crippen molar-refractivity contribution in [3.05, 3.63) is 35.3 Å². The Bertz CT molecular complexity index is 622. The maximum atomic E-state index is 11.4. The minimum Gasteiger partial charge on any atom is -0.465 e. The summed E-state index contributed by atoms with van der Waals surface area (Å²) in [5, 5.41) is 2.71. The number of nitrogens with one attached hydrogen (secondary N) is 1. The van der Waals surface area contributed by atoms with Crippen LogP contribution in [-0.4, -0.2) is 24.0 Å². The molecule has 0 bridgehead atoms. The molecule has 0 aliphatic carbocycles. The zero-order valence-corrected chi connectivity index (χ0v) is 11.3. The lowest BCUT2D eigenvalue weighted by atomic mass is 10.2. The van der Waals surface area contributed by atoms with E-state index in [0.29, 0.717) is 16.3 Å². The van der Waals surface area contributed by atoms with Gasteiger partial charge in [-0.3, -0.25) is 9.78 Å². The summed E-state index contributed by atoms with van der Waals surface area (Å²) in [5.41, 5.74) is 1.26. The highest BCUT2D eigenvalue weighted by atomic mass is 32.1. The molecule has 5 nitrogen and oxygen atoms in total.